The highest BCUT2D eigenvalue weighted by Crippen LogP contribution is 2.24. The Balaban J connectivity index is 2.23. The first-order valence-electron chi connectivity index (χ1n) is 8.52. The zero-order valence-corrected chi connectivity index (χ0v) is 14.3. The Labute approximate surface area is 142 Å². The lowest BCUT2D eigenvalue weighted by molar-refractivity contribution is 0.0690. The first-order valence-corrected chi connectivity index (χ1v) is 8.52. The van der Waals surface area contributed by atoms with Gasteiger partial charge in [-0.25, -0.2) is 9.59 Å². The van der Waals surface area contributed by atoms with Crippen LogP contribution in [0, 0.1) is 0 Å². The van der Waals surface area contributed by atoms with Crippen molar-refractivity contribution in [3.63, 3.8) is 0 Å². The minimum atomic E-state index is -1.25. The van der Waals surface area contributed by atoms with Gasteiger partial charge >= 0.3 is 12.1 Å². The number of benzene rings is 1. The quantitative estimate of drug-likeness (QED) is 0.264. The summed E-state index contributed by atoms with van der Waals surface area (Å²) in [5, 5.41) is 9.10. The highest BCUT2D eigenvalue weighted by Gasteiger charge is 2.18. The van der Waals surface area contributed by atoms with Crippen molar-refractivity contribution in [2.24, 2.45) is 0 Å². The Morgan fingerprint density at radius 1 is 1.04 bits per heavy atom. The van der Waals surface area contributed by atoms with Gasteiger partial charge in [-0.2, -0.15) is 0 Å². The monoisotopic (exact) mass is 337 g/mol. The first-order chi connectivity index (χ1) is 11.6. The Bertz CT molecular complexity index is 530. The number of ether oxygens (including phenoxy) is 2. The molecule has 0 atom stereocenters. The van der Waals surface area contributed by atoms with E-state index in [0.29, 0.717) is 0 Å². The standard InChI is InChI=1S/C18H27NO5/c1-2-3-4-5-6-7-8-9-13-23-18(22)24-15-12-10-11-14(19)16(15)17(20)21/h10-12H,2-9,13,19H2,1H3,(H,20,21). The molecule has 0 aliphatic heterocycles. The van der Waals surface area contributed by atoms with Crippen LogP contribution in [0.1, 0.15) is 68.6 Å². The van der Waals surface area contributed by atoms with Gasteiger partial charge in [-0.1, -0.05) is 57.9 Å². The van der Waals surface area contributed by atoms with Gasteiger partial charge in [-0.15, -0.1) is 0 Å². The molecule has 1 rings (SSSR count). The summed E-state index contributed by atoms with van der Waals surface area (Å²) < 4.78 is 9.91. The summed E-state index contributed by atoms with van der Waals surface area (Å²) in [6.45, 7) is 2.46. The van der Waals surface area contributed by atoms with Crippen LogP contribution in [0.3, 0.4) is 0 Å². The van der Waals surface area contributed by atoms with Crippen molar-refractivity contribution < 1.29 is 24.2 Å². The SMILES string of the molecule is CCCCCCCCCCOC(=O)Oc1cccc(N)c1C(=O)O. The molecule has 0 bridgehead atoms. The molecule has 0 saturated carbocycles. The molecule has 0 unspecified atom stereocenters. The first kappa shape index (κ1) is 19.8. The number of rotatable bonds is 11. The van der Waals surface area contributed by atoms with Crippen molar-refractivity contribution in [3.8, 4) is 5.75 Å². The van der Waals surface area contributed by atoms with E-state index in [1.165, 1.54) is 50.3 Å². The van der Waals surface area contributed by atoms with E-state index in [-0.39, 0.29) is 23.6 Å². The zero-order valence-electron chi connectivity index (χ0n) is 14.3. The predicted molar refractivity (Wildman–Crippen MR) is 92.4 cm³/mol. The van der Waals surface area contributed by atoms with Gasteiger partial charge in [0.2, 0.25) is 0 Å². The van der Waals surface area contributed by atoms with Gasteiger partial charge in [-0.3, -0.25) is 0 Å². The third-order valence-electron chi connectivity index (χ3n) is 3.68. The van der Waals surface area contributed by atoms with Crippen molar-refractivity contribution in [1.82, 2.24) is 0 Å². The molecule has 0 amide bonds. The molecular weight excluding hydrogens is 310 g/mol. The molecule has 3 N–H and O–H groups in total. The average molecular weight is 337 g/mol. The van der Waals surface area contributed by atoms with Crippen LogP contribution in [0.5, 0.6) is 5.75 Å². The molecule has 1 aromatic carbocycles. The summed E-state index contributed by atoms with van der Waals surface area (Å²) >= 11 is 0. The number of carboxylic acids is 1. The number of nitrogen functional groups attached to an aromatic ring is 1. The molecule has 1 aromatic rings. The Morgan fingerprint density at radius 2 is 1.67 bits per heavy atom. The second-order valence-electron chi connectivity index (χ2n) is 5.70. The summed E-state index contributed by atoms with van der Waals surface area (Å²) in [7, 11) is 0. The van der Waals surface area contributed by atoms with Crippen molar-refractivity contribution in [2.45, 2.75) is 58.3 Å². The predicted octanol–water partition coefficient (Wildman–Crippen LogP) is 4.62. The fourth-order valence-electron chi connectivity index (χ4n) is 2.37. The minimum Gasteiger partial charge on any atom is -0.477 e. The molecule has 0 spiro atoms. The highest BCUT2D eigenvalue weighted by atomic mass is 16.7. The van der Waals surface area contributed by atoms with Crippen molar-refractivity contribution in [2.75, 3.05) is 12.3 Å². The number of hydrogen-bond donors (Lipinski definition) is 2. The van der Waals surface area contributed by atoms with Crippen molar-refractivity contribution in [3.05, 3.63) is 23.8 Å². The lowest BCUT2D eigenvalue weighted by Gasteiger charge is -2.09. The van der Waals surface area contributed by atoms with Gasteiger partial charge < -0.3 is 20.3 Å². The van der Waals surface area contributed by atoms with E-state index in [1.54, 1.807) is 0 Å². The lowest BCUT2D eigenvalue weighted by atomic mass is 10.1. The maximum absolute atomic E-state index is 11.6. The van der Waals surface area contributed by atoms with Gasteiger partial charge in [0.1, 0.15) is 5.56 Å². The molecule has 0 heterocycles. The van der Waals surface area contributed by atoms with Gasteiger partial charge in [0.15, 0.2) is 5.75 Å². The second-order valence-corrected chi connectivity index (χ2v) is 5.70. The maximum atomic E-state index is 11.6. The highest BCUT2D eigenvalue weighted by molar-refractivity contribution is 5.97. The number of aromatic carboxylic acids is 1. The summed E-state index contributed by atoms with van der Waals surface area (Å²) in [6.07, 6.45) is 8.25. The van der Waals surface area contributed by atoms with Crippen LogP contribution in [-0.2, 0) is 4.74 Å². The van der Waals surface area contributed by atoms with Crippen LogP contribution in [0.15, 0.2) is 18.2 Å². The van der Waals surface area contributed by atoms with E-state index in [0.717, 1.165) is 19.3 Å². The van der Waals surface area contributed by atoms with Gasteiger partial charge in [-0.05, 0) is 18.6 Å². The van der Waals surface area contributed by atoms with E-state index < -0.39 is 12.1 Å². The molecule has 6 nitrogen and oxygen atoms in total. The third kappa shape index (κ3) is 7.35. The molecule has 0 aromatic heterocycles. The van der Waals surface area contributed by atoms with Crippen LogP contribution < -0.4 is 10.5 Å². The normalized spacial score (nSPS) is 10.4. The number of carbonyl (C=O) groups is 2. The number of unbranched alkanes of at least 4 members (excludes halogenated alkanes) is 7. The number of carbonyl (C=O) groups excluding carboxylic acids is 1. The third-order valence-corrected chi connectivity index (χ3v) is 3.68. The van der Waals surface area contributed by atoms with E-state index >= 15 is 0 Å². The molecular formula is C18H27NO5. The van der Waals surface area contributed by atoms with E-state index in [1.807, 2.05) is 0 Å². The van der Waals surface area contributed by atoms with Gasteiger partial charge in [0.25, 0.3) is 0 Å². The van der Waals surface area contributed by atoms with Gasteiger partial charge in [0, 0.05) is 5.69 Å². The molecule has 24 heavy (non-hydrogen) atoms. The number of hydrogen-bond acceptors (Lipinski definition) is 5. The van der Waals surface area contributed by atoms with E-state index in [9.17, 15) is 9.59 Å². The smallest absolute Gasteiger partial charge is 0.477 e. The number of anilines is 1. The molecule has 0 aliphatic carbocycles. The molecule has 0 fully saturated rings. The summed E-state index contributed by atoms with van der Waals surface area (Å²) in [4.78, 5) is 22.8. The molecule has 0 radical (unpaired) electrons. The molecule has 0 saturated heterocycles. The van der Waals surface area contributed by atoms with Crippen LogP contribution in [0.2, 0.25) is 0 Å². The molecule has 6 heteroatoms. The zero-order chi connectivity index (χ0) is 17.8. The lowest BCUT2D eigenvalue weighted by Crippen LogP contribution is -2.14. The van der Waals surface area contributed by atoms with Crippen LogP contribution in [-0.4, -0.2) is 23.8 Å². The fraction of sp³-hybridized carbons (Fsp3) is 0.556. The number of nitrogens with two attached hydrogens (primary N) is 1. The van der Waals surface area contributed by atoms with Crippen LogP contribution in [0.4, 0.5) is 10.5 Å². The van der Waals surface area contributed by atoms with E-state index in [4.69, 9.17) is 20.3 Å². The summed E-state index contributed by atoms with van der Waals surface area (Å²) in [5.41, 5.74) is 5.39. The second kappa shape index (κ2) is 11.3. The maximum Gasteiger partial charge on any atom is 0.513 e. The Kier molecular flexibility index (Phi) is 9.34. The Hall–Kier alpha value is -2.24. The topological polar surface area (TPSA) is 98.9 Å². The number of carboxylic acid groups (broad SMARTS) is 1. The summed E-state index contributed by atoms with van der Waals surface area (Å²) in [5.74, 6) is -1.36. The van der Waals surface area contributed by atoms with Crippen molar-refractivity contribution in [1.29, 1.82) is 0 Å². The largest absolute Gasteiger partial charge is 0.513 e. The molecule has 0 aliphatic rings. The Morgan fingerprint density at radius 3 is 2.29 bits per heavy atom. The van der Waals surface area contributed by atoms with Crippen LogP contribution >= 0.6 is 0 Å². The minimum absolute atomic E-state index is 0.0378. The molecule has 134 valence electrons. The average Bonchev–Trinajstić information content (AvgIpc) is 2.53. The van der Waals surface area contributed by atoms with E-state index in [2.05, 4.69) is 6.92 Å². The van der Waals surface area contributed by atoms with Gasteiger partial charge in [0.05, 0.1) is 6.61 Å². The summed E-state index contributed by atoms with van der Waals surface area (Å²) in [6, 6.07) is 4.32. The fourth-order valence-corrected chi connectivity index (χ4v) is 2.37. The van der Waals surface area contributed by atoms with Crippen LogP contribution in [0.25, 0.3) is 0 Å². The van der Waals surface area contributed by atoms with Crippen molar-refractivity contribution >= 4 is 17.8 Å².